The van der Waals surface area contributed by atoms with Crippen LogP contribution in [0.2, 0.25) is 0 Å². The first-order chi connectivity index (χ1) is 27.6. The molecule has 2 aromatic heterocycles. The number of allylic oxidation sites excluding steroid dienone is 5. The summed E-state index contributed by atoms with van der Waals surface area (Å²) in [6, 6.07) is 49.6. The highest BCUT2D eigenvalue weighted by Gasteiger charge is 2.23. The van der Waals surface area contributed by atoms with E-state index in [-0.39, 0.29) is 0 Å². The van der Waals surface area contributed by atoms with E-state index in [1.54, 1.807) is 0 Å². The van der Waals surface area contributed by atoms with Crippen molar-refractivity contribution in [2.75, 3.05) is 17.3 Å². The standard InChI is InChI=1S/C50H42N4.C2H6/c1-4-35(39-23-11-14-26-44(39)51-37-21-9-6-10-22-37)20-17-33-54-46-28-16-13-25-41(46)43-34-38(29-31-47(43)54)52(2)48-32-30-42-40-24-12-15-27-45(40)53(3)50(42)49(48)36-18-7-5-8-19-36;1-2/h4-14,16-26,28-34,51H,1,15,27H2,2-3H3;1-2H3/b33-17-,35-20+;. The number of hydrogen-bond acceptors (Lipinski definition) is 2. The van der Waals surface area contributed by atoms with Gasteiger partial charge >= 0.3 is 0 Å². The van der Waals surface area contributed by atoms with Gasteiger partial charge in [-0.25, -0.2) is 0 Å². The van der Waals surface area contributed by atoms with E-state index in [1.165, 1.54) is 49.7 Å². The monoisotopic (exact) mass is 728 g/mol. The first-order valence-corrected chi connectivity index (χ1v) is 19.7. The van der Waals surface area contributed by atoms with E-state index in [4.69, 9.17) is 0 Å². The number of hydrogen-bond donors (Lipinski definition) is 1. The molecule has 0 amide bonds. The van der Waals surface area contributed by atoms with Gasteiger partial charge in [-0.2, -0.15) is 0 Å². The topological polar surface area (TPSA) is 25.1 Å². The number of rotatable bonds is 9. The van der Waals surface area contributed by atoms with Crippen molar-refractivity contribution in [3.63, 3.8) is 0 Å². The van der Waals surface area contributed by atoms with E-state index >= 15 is 0 Å². The van der Waals surface area contributed by atoms with Gasteiger partial charge in [0, 0.05) is 75.9 Å². The summed E-state index contributed by atoms with van der Waals surface area (Å²) in [4.78, 5) is 2.35. The Hall–Kier alpha value is -6.78. The Balaban J connectivity index is 0.00000217. The van der Waals surface area contributed by atoms with Crippen LogP contribution >= 0.6 is 0 Å². The predicted molar refractivity (Wildman–Crippen MR) is 244 cm³/mol. The van der Waals surface area contributed by atoms with Crippen LogP contribution in [0, 0.1) is 0 Å². The largest absolute Gasteiger partial charge is 0.355 e. The second-order valence-electron chi connectivity index (χ2n) is 13.9. The van der Waals surface area contributed by atoms with Gasteiger partial charge in [-0.3, -0.25) is 0 Å². The lowest BCUT2D eigenvalue weighted by atomic mass is 9.97. The quantitative estimate of drug-likeness (QED) is 0.150. The molecule has 0 saturated heterocycles. The van der Waals surface area contributed by atoms with Crippen LogP contribution in [0.25, 0.3) is 61.7 Å². The van der Waals surface area contributed by atoms with Crippen molar-refractivity contribution in [1.29, 1.82) is 0 Å². The summed E-state index contributed by atoms with van der Waals surface area (Å²) in [5.74, 6) is 0. The van der Waals surface area contributed by atoms with Crippen molar-refractivity contribution in [3.05, 3.63) is 187 Å². The van der Waals surface area contributed by atoms with E-state index in [0.717, 1.165) is 52.1 Å². The SMILES string of the molecule is C=C/C(=C\C=C/n1c2ccccc2c2cc(N(C)c3ccc4c5c(n(C)c4c3-c3ccccc3)CCC=C5)ccc21)c1ccccc1Nc1ccccc1.CC. The average molecular weight is 729 g/mol. The third-order valence-electron chi connectivity index (χ3n) is 10.9. The van der Waals surface area contributed by atoms with Gasteiger partial charge in [0.25, 0.3) is 0 Å². The van der Waals surface area contributed by atoms with E-state index in [2.05, 4.69) is 192 Å². The zero-order valence-electron chi connectivity index (χ0n) is 32.7. The van der Waals surface area contributed by atoms with Crippen molar-refractivity contribution < 1.29 is 0 Å². The Morgan fingerprint density at radius 1 is 0.750 bits per heavy atom. The first-order valence-electron chi connectivity index (χ1n) is 19.7. The zero-order chi connectivity index (χ0) is 38.6. The van der Waals surface area contributed by atoms with E-state index < -0.39 is 0 Å². The lowest BCUT2D eigenvalue weighted by molar-refractivity contribution is 0.824. The Morgan fingerprint density at radius 2 is 1.46 bits per heavy atom. The third kappa shape index (κ3) is 6.54. The third-order valence-corrected chi connectivity index (χ3v) is 10.9. The number of aromatic nitrogens is 2. The molecule has 0 bridgehead atoms. The molecule has 4 heteroatoms. The highest BCUT2D eigenvalue weighted by atomic mass is 15.1. The molecule has 0 unspecified atom stereocenters. The smallest absolute Gasteiger partial charge is 0.0587 e. The molecule has 1 N–H and O–H groups in total. The number of benzene rings is 6. The van der Waals surface area contributed by atoms with Gasteiger partial charge in [-0.1, -0.05) is 136 Å². The van der Waals surface area contributed by atoms with Gasteiger partial charge in [0.1, 0.15) is 0 Å². The minimum Gasteiger partial charge on any atom is -0.355 e. The summed E-state index contributed by atoms with van der Waals surface area (Å²) in [6.45, 7) is 8.17. The summed E-state index contributed by atoms with van der Waals surface area (Å²) >= 11 is 0. The number of aryl methyl sites for hydroxylation is 1. The van der Waals surface area contributed by atoms with Gasteiger partial charge in [-0.15, -0.1) is 0 Å². The fourth-order valence-electron chi connectivity index (χ4n) is 8.22. The molecule has 0 spiro atoms. The zero-order valence-corrected chi connectivity index (χ0v) is 32.7. The van der Waals surface area contributed by atoms with Crippen LogP contribution in [0.15, 0.2) is 170 Å². The molecule has 1 aliphatic carbocycles. The van der Waals surface area contributed by atoms with Crippen molar-refractivity contribution in [3.8, 4) is 11.1 Å². The van der Waals surface area contributed by atoms with Gasteiger partial charge < -0.3 is 19.4 Å². The molecule has 6 aromatic carbocycles. The molecule has 56 heavy (non-hydrogen) atoms. The Bertz CT molecular complexity index is 2780. The van der Waals surface area contributed by atoms with Gasteiger partial charge in [0.15, 0.2) is 0 Å². The van der Waals surface area contributed by atoms with Crippen molar-refractivity contribution in [2.45, 2.75) is 26.7 Å². The molecule has 9 rings (SSSR count). The van der Waals surface area contributed by atoms with Gasteiger partial charge in [0.2, 0.25) is 0 Å². The average Bonchev–Trinajstić information content (AvgIpc) is 3.74. The maximum absolute atomic E-state index is 4.17. The number of fused-ring (bicyclic) bond motifs is 6. The lowest BCUT2D eigenvalue weighted by Gasteiger charge is -2.24. The van der Waals surface area contributed by atoms with Crippen LogP contribution in [0.4, 0.5) is 22.7 Å². The fourth-order valence-corrected chi connectivity index (χ4v) is 8.22. The second-order valence-corrected chi connectivity index (χ2v) is 13.9. The summed E-state index contributed by atoms with van der Waals surface area (Å²) in [5, 5.41) is 7.32. The summed E-state index contributed by atoms with van der Waals surface area (Å²) in [6.07, 6.45) is 15.1. The minimum absolute atomic E-state index is 1.04. The first kappa shape index (κ1) is 36.2. The normalized spacial score (nSPS) is 12.5. The van der Waals surface area contributed by atoms with Crippen LogP contribution in [-0.4, -0.2) is 16.2 Å². The summed E-state index contributed by atoms with van der Waals surface area (Å²) in [7, 11) is 4.43. The van der Waals surface area contributed by atoms with E-state index in [0.29, 0.717) is 0 Å². The van der Waals surface area contributed by atoms with Crippen molar-refractivity contribution in [2.24, 2.45) is 7.05 Å². The molecule has 2 heterocycles. The number of anilines is 4. The van der Waals surface area contributed by atoms with Gasteiger partial charge in [0.05, 0.1) is 22.2 Å². The summed E-state index contributed by atoms with van der Waals surface area (Å²) in [5.41, 5.74) is 15.4. The number of nitrogens with zero attached hydrogens (tertiary/aromatic N) is 3. The Kier molecular flexibility index (Phi) is 10.3. The Morgan fingerprint density at radius 3 is 2.27 bits per heavy atom. The fraction of sp³-hybridized carbons (Fsp3) is 0.115. The lowest BCUT2D eigenvalue weighted by Crippen LogP contribution is -2.11. The molecule has 8 aromatic rings. The van der Waals surface area contributed by atoms with Crippen molar-refractivity contribution in [1.82, 2.24) is 9.13 Å². The molecule has 1 aliphatic rings. The summed E-state index contributed by atoms with van der Waals surface area (Å²) < 4.78 is 4.73. The van der Waals surface area contributed by atoms with Crippen LogP contribution in [0.5, 0.6) is 0 Å². The highest BCUT2D eigenvalue weighted by molar-refractivity contribution is 6.11. The van der Waals surface area contributed by atoms with Crippen LogP contribution < -0.4 is 10.2 Å². The molecule has 4 nitrogen and oxygen atoms in total. The van der Waals surface area contributed by atoms with Crippen LogP contribution in [0.1, 0.15) is 37.1 Å². The number of nitrogens with one attached hydrogen (secondary N) is 1. The van der Waals surface area contributed by atoms with E-state index in [1.807, 2.05) is 38.1 Å². The molecule has 0 aliphatic heterocycles. The Labute approximate surface area is 330 Å². The molecule has 276 valence electrons. The number of para-hydroxylation sites is 3. The minimum atomic E-state index is 1.04. The van der Waals surface area contributed by atoms with Gasteiger partial charge in [-0.05, 0) is 78.6 Å². The molecule has 0 saturated carbocycles. The second kappa shape index (κ2) is 15.9. The van der Waals surface area contributed by atoms with Crippen LogP contribution in [-0.2, 0) is 13.5 Å². The molecule has 0 atom stereocenters. The highest BCUT2D eigenvalue weighted by Crippen LogP contribution is 2.44. The van der Waals surface area contributed by atoms with Crippen molar-refractivity contribution >= 4 is 73.3 Å². The molecule has 0 radical (unpaired) electrons. The maximum Gasteiger partial charge on any atom is 0.0587 e. The predicted octanol–water partition coefficient (Wildman–Crippen LogP) is 14.2. The molecular weight excluding hydrogens is 681 g/mol. The maximum atomic E-state index is 4.17. The molecule has 0 fully saturated rings. The van der Waals surface area contributed by atoms with Crippen LogP contribution in [0.3, 0.4) is 0 Å². The molecular formula is C52H48N4. The van der Waals surface area contributed by atoms with E-state index in [9.17, 15) is 0 Å².